The van der Waals surface area contributed by atoms with Crippen LogP contribution in [0.15, 0.2) is 18.2 Å². The number of carbonyl (C=O) groups is 1. The number of hydrogen-bond acceptors (Lipinski definition) is 2. The van der Waals surface area contributed by atoms with Crippen molar-refractivity contribution in [1.82, 2.24) is 4.90 Å². The first-order chi connectivity index (χ1) is 9.74. The maximum atomic E-state index is 12.3. The number of carbonyl (C=O) groups excluding carboxylic acids is 1. The number of aryl methyl sites for hydroxylation is 1. The number of amides is 2. The highest BCUT2D eigenvalue weighted by Crippen LogP contribution is 2.30. The summed E-state index contributed by atoms with van der Waals surface area (Å²) in [5.41, 5.74) is 3.34. The lowest BCUT2D eigenvalue weighted by Crippen LogP contribution is -2.40. The second-order valence-corrected chi connectivity index (χ2v) is 5.97. The van der Waals surface area contributed by atoms with Gasteiger partial charge in [-0.2, -0.15) is 0 Å². The van der Waals surface area contributed by atoms with Crippen molar-refractivity contribution in [2.45, 2.75) is 32.6 Å². The van der Waals surface area contributed by atoms with Gasteiger partial charge >= 0.3 is 6.03 Å². The molecule has 0 radical (unpaired) electrons. The van der Waals surface area contributed by atoms with Crippen molar-refractivity contribution in [2.75, 3.05) is 30.3 Å². The average molecular weight is 273 g/mol. The summed E-state index contributed by atoms with van der Waals surface area (Å²) in [4.78, 5) is 14.3. The van der Waals surface area contributed by atoms with Gasteiger partial charge in [-0.3, -0.25) is 0 Å². The quantitative estimate of drug-likeness (QED) is 0.824. The predicted octanol–water partition coefficient (Wildman–Crippen LogP) is 3.31. The van der Waals surface area contributed by atoms with Crippen LogP contribution in [0.3, 0.4) is 0 Å². The van der Waals surface area contributed by atoms with Crippen molar-refractivity contribution in [2.24, 2.45) is 5.92 Å². The molecule has 4 nitrogen and oxygen atoms in total. The Morgan fingerprint density at radius 3 is 2.95 bits per heavy atom. The topological polar surface area (TPSA) is 44.4 Å². The number of nitrogens with one attached hydrogen (secondary N) is 2. The number of nitrogens with zero attached hydrogens (tertiary/aromatic N) is 1. The normalized spacial score (nSPS) is 19.1. The van der Waals surface area contributed by atoms with E-state index in [1.165, 1.54) is 5.56 Å². The molecule has 3 rings (SSSR count). The maximum Gasteiger partial charge on any atom is 0.321 e. The summed E-state index contributed by atoms with van der Waals surface area (Å²) in [7, 11) is 0. The molecule has 0 aliphatic carbocycles. The molecule has 1 aromatic carbocycles. The zero-order chi connectivity index (χ0) is 13.9. The molecular weight excluding hydrogens is 250 g/mol. The number of likely N-dealkylation sites (tertiary alicyclic amines) is 1. The number of urea groups is 1. The van der Waals surface area contributed by atoms with Crippen LogP contribution in [0.2, 0.25) is 0 Å². The van der Waals surface area contributed by atoms with Crippen molar-refractivity contribution in [3.05, 3.63) is 23.8 Å². The molecule has 2 N–H and O–H groups in total. The van der Waals surface area contributed by atoms with Crippen molar-refractivity contribution >= 4 is 17.4 Å². The third-order valence-corrected chi connectivity index (χ3v) is 4.39. The lowest BCUT2D eigenvalue weighted by atomic mass is 9.99. The molecule has 108 valence electrons. The molecule has 0 aromatic heterocycles. The number of rotatable bonds is 1. The lowest BCUT2D eigenvalue weighted by Gasteiger charge is -2.31. The van der Waals surface area contributed by atoms with Gasteiger partial charge in [-0.1, -0.05) is 19.1 Å². The Bertz CT molecular complexity index is 492. The molecular formula is C16H23N3O. The van der Waals surface area contributed by atoms with Crippen molar-refractivity contribution in [1.29, 1.82) is 0 Å². The van der Waals surface area contributed by atoms with Gasteiger partial charge < -0.3 is 15.5 Å². The first-order valence-corrected chi connectivity index (χ1v) is 7.66. The fourth-order valence-electron chi connectivity index (χ4n) is 3.02. The van der Waals surface area contributed by atoms with Gasteiger partial charge in [-0.15, -0.1) is 0 Å². The molecule has 1 aromatic rings. The first kappa shape index (κ1) is 13.3. The zero-order valence-corrected chi connectivity index (χ0v) is 12.1. The van der Waals surface area contributed by atoms with E-state index < -0.39 is 0 Å². The van der Waals surface area contributed by atoms with Gasteiger partial charge in [-0.05, 0) is 43.2 Å². The molecule has 2 heterocycles. The van der Waals surface area contributed by atoms with E-state index in [9.17, 15) is 4.79 Å². The first-order valence-electron chi connectivity index (χ1n) is 7.66. The molecule has 20 heavy (non-hydrogen) atoms. The summed E-state index contributed by atoms with van der Waals surface area (Å²) in [6.07, 6.45) is 4.47. The van der Waals surface area contributed by atoms with Crippen LogP contribution >= 0.6 is 0 Å². The highest BCUT2D eigenvalue weighted by molar-refractivity contribution is 5.94. The van der Waals surface area contributed by atoms with E-state index in [1.54, 1.807) is 0 Å². The lowest BCUT2D eigenvalue weighted by molar-refractivity contribution is 0.186. The minimum absolute atomic E-state index is 0.0395. The molecule has 0 unspecified atom stereocenters. The van der Waals surface area contributed by atoms with Gasteiger partial charge in [0.1, 0.15) is 0 Å². The molecule has 0 spiro atoms. The fraction of sp³-hybridized carbons (Fsp3) is 0.562. The van der Waals surface area contributed by atoms with E-state index in [-0.39, 0.29) is 6.03 Å². The second-order valence-electron chi connectivity index (χ2n) is 5.97. The molecule has 0 atom stereocenters. The Labute approximate surface area is 120 Å². The third-order valence-electron chi connectivity index (χ3n) is 4.39. The molecule has 2 aliphatic heterocycles. The minimum atomic E-state index is 0.0395. The van der Waals surface area contributed by atoms with Crippen LogP contribution in [-0.2, 0) is 6.42 Å². The highest BCUT2D eigenvalue weighted by atomic mass is 16.2. The van der Waals surface area contributed by atoms with Crippen molar-refractivity contribution in [3.8, 4) is 0 Å². The van der Waals surface area contributed by atoms with Gasteiger partial charge in [0.05, 0.1) is 11.4 Å². The van der Waals surface area contributed by atoms with Crippen LogP contribution in [0.25, 0.3) is 0 Å². The van der Waals surface area contributed by atoms with Crippen molar-refractivity contribution in [3.63, 3.8) is 0 Å². The smallest absolute Gasteiger partial charge is 0.321 e. The van der Waals surface area contributed by atoms with Crippen LogP contribution in [0.5, 0.6) is 0 Å². The van der Waals surface area contributed by atoms with Crippen LogP contribution in [0.4, 0.5) is 16.2 Å². The number of fused-ring (bicyclic) bond motifs is 1. The van der Waals surface area contributed by atoms with Crippen LogP contribution in [0, 0.1) is 5.92 Å². The number of anilines is 2. The molecule has 0 bridgehead atoms. The van der Waals surface area contributed by atoms with Gasteiger partial charge in [-0.25, -0.2) is 4.79 Å². The fourth-order valence-corrected chi connectivity index (χ4v) is 3.02. The van der Waals surface area contributed by atoms with E-state index in [0.29, 0.717) is 0 Å². The monoisotopic (exact) mass is 273 g/mol. The summed E-state index contributed by atoms with van der Waals surface area (Å²) in [6.45, 7) is 4.98. The standard InChI is InChI=1S/C16H23N3O/c1-12-7-10-19(11-8-12)16(20)18-14-6-2-4-13-5-3-9-17-15(13)14/h2,4,6,12,17H,3,5,7-11H2,1H3,(H,18,20). The largest absolute Gasteiger partial charge is 0.383 e. The Morgan fingerprint density at radius 2 is 2.15 bits per heavy atom. The highest BCUT2D eigenvalue weighted by Gasteiger charge is 2.21. The average Bonchev–Trinajstić information content (AvgIpc) is 2.48. The maximum absolute atomic E-state index is 12.3. The molecule has 2 aliphatic rings. The molecule has 4 heteroatoms. The van der Waals surface area contributed by atoms with E-state index >= 15 is 0 Å². The number of benzene rings is 1. The molecule has 0 saturated carbocycles. The summed E-state index contributed by atoms with van der Waals surface area (Å²) < 4.78 is 0. The number of piperidine rings is 1. The van der Waals surface area contributed by atoms with Crippen LogP contribution < -0.4 is 10.6 Å². The van der Waals surface area contributed by atoms with Gasteiger partial charge in [0, 0.05) is 19.6 Å². The Kier molecular flexibility index (Phi) is 3.81. The minimum Gasteiger partial charge on any atom is -0.383 e. The second kappa shape index (κ2) is 5.73. The van der Waals surface area contributed by atoms with Crippen LogP contribution in [-0.4, -0.2) is 30.6 Å². The van der Waals surface area contributed by atoms with E-state index in [1.807, 2.05) is 17.0 Å². The number of para-hydroxylation sites is 1. The van der Waals surface area contributed by atoms with Crippen LogP contribution in [0.1, 0.15) is 31.7 Å². The van der Waals surface area contributed by atoms with E-state index in [2.05, 4.69) is 23.6 Å². The van der Waals surface area contributed by atoms with Gasteiger partial charge in [0.15, 0.2) is 0 Å². The molecule has 1 fully saturated rings. The SMILES string of the molecule is CC1CCN(C(=O)Nc2cccc3c2NCCC3)CC1. The molecule has 2 amide bonds. The summed E-state index contributed by atoms with van der Waals surface area (Å²) in [5.74, 6) is 0.741. The third kappa shape index (κ3) is 2.74. The zero-order valence-electron chi connectivity index (χ0n) is 12.1. The van der Waals surface area contributed by atoms with Crippen molar-refractivity contribution < 1.29 is 4.79 Å². The van der Waals surface area contributed by atoms with E-state index in [4.69, 9.17) is 0 Å². The Balaban J connectivity index is 1.70. The summed E-state index contributed by atoms with van der Waals surface area (Å²) in [6, 6.07) is 6.19. The van der Waals surface area contributed by atoms with Gasteiger partial charge in [0.25, 0.3) is 0 Å². The number of hydrogen-bond donors (Lipinski definition) is 2. The predicted molar refractivity (Wildman–Crippen MR) is 82.2 cm³/mol. The summed E-state index contributed by atoms with van der Waals surface area (Å²) in [5, 5.41) is 6.49. The summed E-state index contributed by atoms with van der Waals surface area (Å²) >= 11 is 0. The van der Waals surface area contributed by atoms with E-state index in [0.717, 1.165) is 62.6 Å². The molecule has 1 saturated heterocycles. The van der Waals surface area contributed by atoms with Gasteiger partial charge in [0.2, 0.25) is 0 Å². The Morgan fingerprint density at radius 1 is 1.35 bits per heavy atom. The Hall–Kier alpha value is -1.71.